The molecule has 72 valence electrons. The van der Waals surface area contributed by atoms with E-state index in [0.717, 1.165) is 0 Å². The topological polar surface area (TPSA) is 46.5 Å². The molecule has 0 saturated carbocycles. The second-order valence-corrected chi connectivity index (χ2v) is 1.98. The summed E-state index contributed by atoms with van der Waals surface area (Å²) in [7, 11) is 0.620. The maximum absolute atomic E-state index is 11.8. The summed E-state index contributed by atoms with van der Waals surface area (Å²) in [5.74, 6) is -2.06. The zero-order valence-electron chi connectivity index (χ0n) is 5.98. The van der Waals surface area contributed by atoms with Crippen molar-refractivity contribution in [2.45, 2.75) is 11.8 Å². The van der Waals surface area contributed by atoms with Crippen LogP contribution >= 0.6 is 0 Å². The van der Waals surface area contributed by atoms with E-state index in [-0.39, 0.29) is 0 Å². The van der Waals surface area contributed by atoms with Crippen LogP contribution in [0.4, 0.5) is 17.6 Å². The predicted octanol–water partition coefficient (Wildman–Crippen LogP) is 0.422. The number of ether oxygens (including phenoxy) is 1. The lowest BCUT2D eigenvalue weighted by Crippen LogP contribution is -2.54. The lowest BCUT2D eigenvalue weighted by atomic mass is 10.1. The van der Waals surface area contributed by atoms with Crippen LogP contribution in [0, 0.1) is 0 Å². The van der Waals surface area contributed by atoms with Crippen molar-refractivity contribution in [1.82, 2.24) is 0 Å². The standard InChI is InChI=1S/C5H6F4O3/c1-12-3(10)4(11,2-6)5(7,8)9/h11H,2H2,1H3. The van der Waals surface area contributed by atoms with E-state index < -0.39 is 24.4 Å². The van der Waals surface area contributed by atoms with Gasteiger partial charge in [-0.05, 0) is 0 Å². The number of aliphatic hydroxyl groups is 1. The number of hydrogen-bond acceptors (Lipinski definition) is 3. The van der Waals surface area contributed by atoms with Crippen molar-refractivity contribution in [3.63, 3.8) is 0 Å². The van der Waals surface area contributed by atoms with Gasteiger partial charge in [0.25, 0.3) is 5.60 Å². The molecule has 0 fully saturated rings. The van der Waals surface area contributed by atoms with Gasteiger partial charge in [0.1, 0.15) is 6.67 Å². The molecule has 0 amide bonds. The van der Waals surface area contributed by atoms with Gasteiger partial charge in [0, 0.05) is 0 Å². The lowest BCUT2D eigenvalue weighted by molar-refractivity contribution is -0.264. The molecule has 3 nitrogen and oxygen atoms in total. The maximum Gasteiger partial charge on any atom is 0.430 e. The quantitative estimate of drug-likeness (QED) is 0.507. The van der Waals surface area contributed by atoms with Gasteiger partial charge in [-0.25, -0.2) is 9.18 Å². The Balaban J connectivity index is 4.80. The smallest absolute Gasteiger partial charge is 0.430 e. The number of hydrogen-bond donors (Lipinski definition) is 1. The number of carbonyl (C=O) groups excluding carboxylic acids is 1. The Morgan fingerprint density at radius 2 is 1.92 bits per heavy atom. The molecule has 0 aliphatic rings. The Hall–Kier alpha value is -0.850. The van der Waals surface area contributed by atoms with Crippen molar-refractivity contribution in [2.24, 2.45) is 0 Å². The number of carbonyl (C=O) groups is 1. The van der Waals surface area contributed by atoms with Gasteiger partial charge in [0.2, 0.25) is 0 Å². The average Bonchev–Trinajstić information content (AvgIpc) is 1.99. The molecule has 0 bridgehead atoms. The molecular formula is C5H6F4O3. The van der Waals surface area contributed by atoms with Gasteiger partial charge in [-0.2, -0.15) is 13.2 Å². The largest absolute Gasteiger partial charge is 0.467 e. The average molecular weight is 190 g/mol. The Morgan fingerprint density at radius 1 is 1.50 bits per heavy atom. The minimum absolute atomic E-state index is 0.620. The van der Waals surface area contributed by atoms with Gasteiger partial charge in [0.05, 0.1) is 7.11 Å². The van der Waals surface area contributed by atoms with Crippen molar-refractivity contribution >= 4 is 5.97 Å². The molecule has 0 aliphatic heterocycles. The van der Waals surface area contributed by atoms with E-state index >= 15 is 0 Å². The summed E-state index contributed by atoms with van der Waals surface area (Å²) in [6.07, 6.45) is -5.37. The lowest BCUT2D eigenvalue weighted by Gasteiger charge is -2.23. The van der Waals surface area contributed by atoms with Gasteiger partial charge in [-0.3, -0.25) is 0 Å². The zero-order valence-corrected chi connectivity index (χ0v) is 5.98. The highest BCUT2D eigenvalue weighted by Crippen LogP contribution is 2.31. The first-order valence-corrected chi connectivity index (χ1v) is 2.73. The summed E-state index contributed by atoms with van der Waals surface area (Å²) >= 11 is 0. The van der Waals surface area contributed by atoms with Crippen LogP contribution in [0.1, 0.15) is 0 Å². The Bertz CT molecular complexity index is 178. The zero-order chi connectivity index (χ0) is 9.99. The van der Waals surface area contributed by atoms with Crippen LogP contribution < -0.4 is 0 Å². The molecule has 0 aromatic carbocycles. The number of halogens is 4. The molecule has 1 N–H and O–H groups in total. The van der Waals surface area contributed by atoms with E-state index in [1.807, 2.05) is 0 Å². The van der Waals surface area contributed by atoms with E-state index in [4.69, 9.17) is 5.11 Å². The Morgan fingerprint density at radius 3 is 2.00 bits per heavy atom. The first-order valence-electron chi connectivity index (χ1n) is 2.73. The third kappa shape index (κ3) is 1.66. The van der Waals surface area contributed by atoms with Crippen molar-refractivity contribution < 1.29 is 32.2 Å². The van der Waals surface area contributed by atoms with Gasteiger partial charge >= 0.3 is 12.1 Å². The fourth-order valence-corrected chi connectivity index (χ4v) is 0.415. The van der Waals surface area contributed by atoms with E-state index in [2.05, 4.69) is 4.74 Å². The summed E-state index contributed by atoms with van der Waals surface area (Å²) in [6, 6.07) is 0. The molecule has 0 radical (unpaired) electrons. The molecule has 0 saturated heterocycles. The molecular weight excluding hydrogens is 184 g/mol. The third-order valence-electron chi connectivity index (χ3n) is 1.19. The summed E-state index contributed by atoms with van der Waals surface area (Å²) in [5, 5.41) is 8.45. The van der Waals surface area contributed by atoms with Crippen molar-refractivity contribution in [1.29, 1.82) is 0 Å². The summed E-state index contributed by atoms with van der Waals surface area (Å²) in [5.41, 5.74) is -4.04. The van der Waals surface area contributed by atoms with E-state index in [9.17, 15) is 22.4 Å². The van der Waals surface area contributed by atoms with E-state index in [1.54, 1.807) is 0 Å². The Kier molecular flexibility index (Phi) is 3.03. The third-order valence-corrected chi connectivity index (χ3v) is 1.19. The number of alkyl halides is 4. The van der Waals surface area contributed by atoms with Crippen molar-refractivity contribution in [3.8, 4) is 0 Å². The first kappa shape index (κ1) is 11.2. The van der Waals surface area contributed by atoms with Gasteiger partial charge in [-0.1, -0.05) is 0 Å². The highest BCUT2D eigenvalue weighted by molar-refractivity contribution is 5.80. The highest BCUT2D eigenvalue weighted by atomic mass is 19.4. The predicted molar refractivity (Wildman–Crippen MR) is 29.0 cm³/mol. The molecule has 0 aromatic rings. The molecule has 1 atom stereocenters. The molecule has 12 heavy (non-hydrogen) atoms. The molecule has 0 spiro atoms. The molecule has 0 aromatic heterocycles. The van der Waals surface area contributed by atoms with Crippen LogP contribution in [-0.2, 0) is 9.53 Å². The molecule has 0 rings (SSSR count). The van der Waals surface area contributed by atoms with Crippen molar-refractivity contribution in [3.05, 3.63) is 0 Å². The first-order chi connectivity index (χ1) is 5.29. The molecule has 7 heteroatoms. The second-order valence-electron chi connectivity index (χ2n) is 1.98. The van der Waals surface area contributed by atoms with Crippen LogP contribution in [-0.4, -0.2) is 36.6 Å². The molecule has 0 heterocycles. The van der Waals surface area contributed by atoms with Gasteiger partial charge in [0.15, 0.2) is 0 Å². The number of rotatable bonds is 2. The van der Waals surface area contributed by atoms with Crippen LogP contribution in [0.3, 0.4) is 0 Å². The summed E-state index contributed by atoms with van der Waals surface area (Å²) in [6.45, 7) is -2.26. The second kappa shape index (κ2) is 3.26. The van der Waals surface area contributed by atoms with E-state index in [0.29, 0.717) is 7.11 Å². The minimum Gasteiger partial charge on any atom is -0.467 e. The van der Waals surface area contributed by atoms with Crippen LogP contribution in [0.2, 0.25) is 0 Å². The highest BCUT2D eigenvalue weighted by Gasteiger charge is 2.61. The normalized spacial score (nSPS) is 16.8. The SMILES string of the molecule is COC(=O)C(O)(CF)C(F)(F)F. The van der Waals surface area contributed by atoms with E-state index in [1.165, 1.54) is 0 Å². The minimum atomic E-state index is -5.37. The number of methoxy groups -OCH3 is 1. The molecule has 0 aliphatic carbocycles. The Labute approximate surface area is 64.9 Å². The van der Waals surface area contributed by atoms with Crippen molar-refractivity contribution in [2.75, 3.05) is 13.8 Å². The number of esters is 1. The van der Waals surface area contributed by atoms with Gasteiger partial charge < -0.3 is 9.84 Å². The van der Waals surface area contributed by atoms with Crippen LogP contribution in [0.25, 0.3) is 0 Å². The van der Waals surface area contributed by atoms with Gasteiger partial charge in [-0.15, -0.1) is 0 Å². The molecule has 1 unspecified atom stereocenters. The fourth-order valence-electron chi connectivity index (χ4n) is 0.415. The summed E-state index contributed by atoms with van der Waals surface area (Å²) in [4.78, 5) is 10.3. The van der Waals surface area contributed by atoms with Crippen LogP contribution in [0.5, 0.6) is 0 Å². The fraction of sp³-hybridized carbons (Fsp3) is 0.800. The van der Waals surface area contributed by atoms with Crippen LogP contribution in [0.15, 0.2) is 0 Å². The maximum atomic E-state index is 11.8. The monoisotopic (exact) mass is 190 g/mol. The summed E-state index contributed by atoms with van der Waals surface area (Å²) < 4.78 is 50.5.